The van der Waals surface area contributed by atoms with E-state index in [0.717, 1.165) is 41.5 Å². The zero-order chi connectivity index (χ0) is 28.1. The minimum absolute atomic E-state index is 0.0339. The number of anilines is 2. The Labute approximate surface area is 238 Å². The summed E-state index contributed by atoms with van der Waals surface area (Å²) in [5.41, 5.74) is 6.45. The monoisotopic (exact) mass is 552 g/mol. The third-order valence-electron chi connectivity index (χ3n) is 7.28. The largest absolute Gasteiger partial charge is 0.453 e. The number of hydrogen-bond acceptors (Lipinski definition) is 5. The minimum atomic E-state index is -0.575. The van der Waals surface area contributed by atoms with E-state index in [1.165, 1.54) is 12.7 Å². The number of nitrogens with one attached hydrogen (secondary N) is 3. The average molecular weight is 553 g/mol. The van der Waals surface area contributed by atoms with Gasteiger partial charge in [0.1, 0.15) is 0 Å². The molecule has 8 heteroatoms. The molecule has 3 aromatic carbocycles. The van der Waals surface area contributed by atoms with E-state index in [9.17, 15) is 14.9 Å². The number of nitrogens with zero attached hydrogens (tertiary/aromatic N) is 1. The number of halogens is 1. The van der Waals surface area contributed by atoms with Crippen LogP contribution in [0.1, 0.15) is 48.3 Å². The molecule has 3 aromatic rings. The second kappa shape index (κ2) is 12.1. The zero-order valence-electron chi connectivity index (χ0n) is 22.0. The highest BCUT2D eigenvalue weighted by Crippen LogP contribution is 2.37. The summed E-state index contributed by atoms with van der Waals surface area (Å²) < 4.78 is 4.71. The smallest absolute Gasteiger partial charge is 0.411 e. The minimum Gasteiger partial charge on any atom is -0.453 e. The molecule has 0 aromatic heterocycles. The van der Waals surface area contributed by atoms with Crippen molar-refractivity contribution in [3.8, 4) is 17.2 Å². The number of carbonyl (C=O) groups excluding carboxylic acids is 2. The number of ether oxygens (including phenoxy) is 1. The molecule has 2 atom stereocenters. The lowest BCUT2D eigenvalue weighted by atomic mass is 9.83. The van der Waals surface area contributed by atoms with Crippen LogP contribution < -0.4 is 16.0 Å². The van der Waals surface area contributed by atoms with E-state index in [-0.39, 0.29) is 17.9 Å². The Morgan fingerprint density at radius 3 is 2.75 bits per heavy atom. The molecule has 0 aliphatic carbocycles. The van der Waals surface area contributed by atoms with E-state index in [0.29, 0.717) is 28.4 Å². The molecule has 40 heavy (non-hydrogen) atoms. The molecule has 0 radical (unpaired) electrons. The topological polar surface area (TPSA) is 103 Å². The molecule has 3 N–H and O–H groups in total. The average Bonchev–Trinajstić information content (AvgIpc) is 2.97. The van der Waals surface area contributed by atoms with Crippen LogP contribution in [0.2, 0.25) is 5.02 Å². The van der Waals surface area contributed by atoms with Crippen molar-refractivity contribution in [3.05, 3.63) is 101 Å². The van der Waals surface area contributed by atoms with E-state index >= 15 is 0 Å². The van der Waals surface area contributed by atoms with Gasteiger partial charge in [0, 0.05) is 40.4 Å². The molecule has 7 nitrogen and oxygen atoms in total. The van der Waals surface area contributed by atoms with Crippen LogP contribution in [0.15, 0.2) is 79.0 Å². The number of amides is 2. The van der Waals surface area contributed by atoms with Crippen molar-refractivity contribution in [1.29, 1.82) is 5.26 Å². The van der Waals surface area contributed by atoms with Crippen LogP contribution in [-0.4, -0.2) is 25.2 Å². The lowest BCUT2D eigenvalue weighted by Crippen LogP contribution is -2.31. The molecule has 2 aliphatic rings. The van der Waals surface area contributed by atoms with E-state index < -0.39 is 6.09 Å². The standard InChI is InChI=1S/C32H29ClN4O3/c1-40-32(39)36-25-12-13-27-21-6-4-5-20(15-21)26(7-2-3-8-31(38)37-30(27)17-25)29-14-10-23(19-35-29)28-16-24(33)11-9-22(28)18-34/h4-6,9-17,19,26,29,35H,2-3,7-8H2,1H3,(H,36,39)(H,37,38). The predicted molar refractivity (Wildman–Crippen MR) is 158 cm³/mol. The van der Waals surface area contributed by atoms with Crippen LogP contribution >= 0.6 is 11.6 Å². The Balaban J connectivity index is 1.47. The van der Waals surface area contributed by atoms with Gasteiger partial charge in [-0.2, -0.15) is 5.26 Å². The normalized spacial score (nSPS) is 18.4. The van der Waals surface area contributed by atoms with Gasteiger partial charge in [0.25, 0.3) is 0 Å². The number of rotatable bonds is 3. The van der Waals surface area contributed by atoms with Gasteiger partial charge in [-0.1, -0.05) is 60.5 Å². The Kier molecular flexibility index (Phi) is 8.18. The molecule has 202 valence electrons. The molecular weight excluding hydrogens is 524 g/mol. The van der Waals surface area contributed by atoms with Crippen molar-refractivity contribution in [2.45, 2.75) is 37.6 Å². The van der Waals surface area contributed by atoms with E-state index in [1.807, 2.05) is 36.5 Å². The first-order valence-corrected chi connectivity index (χ1v) is 13.6. The van der Waals surface area contributed by atoms with Crippen LogP contribution in [0.3, 0.4) is 0 Å². The Bertz CT molecular complexity index is 1560. The summed E-state index contributed by atoms with van der Waals surface area (Å²) in [5, 5.41) is 19.4. The quantitative estimate of drug-likeness (QED) is 0.318. The maximum absolute atomic E-state index is 12.8. The van der Waals surface area contributed by atoms with Crippen molar-refractivity contribution < 1.29 is 14.3 Å². The van der Waals surface area contributed by atoms with Gasteiger partial charge >= 0.3 is 6.09 Å². The second-order valence-corrected chi connectivity index (χ2v) is 10.3. The van der Waals surface area contributed by atoms with E-state index in [2.05, 4.69) is 40.2 Å². The lowest BCUT2D eigenvalue weighted by molar-refractivity contribution is -0.116. The molecule has 2 heterocycles. The number of allylic oxidation sites excluding steroid dienone is 2. The Morgan fingerprint density at radius 1 is 1.10 bits per heavy atom. The fourth-order valence-electron chi connectivity index (χ4n) is 5.27. The molecule has 2 unspecified atom stereocenters. The van der Waals surface area contributed by atoms with Crippen molar-refractivity contribution in [2.75, 3.05) is 17.7 Å². The number of fused-ring (bicyclic) bond motifs is 4. The zero-order valence-corrected chi connectivity index (χ0v) is 22.8. The van der Waals surface area contributed by atoms with Crippen molar-refractivity contribution in [2.24, 2.45) is 0 Å². The summed E-state index contributed by atoms with van der Waals surface area (Å²) in [4.78, 5) is 24.6. The number of hydrogen-bond donors (Lipinski definition) is 3. The highest BCUT2D eigenvalue weighted by atomic mass is 35.5. The third kappa shape index (κ3) is 6.03. The first-order valence-electron chi connectivity index (χ1n) is 13.2. The second-order valence-electron chi connectivity index (χ2n) is 9.86. The number of dihydropyridines is 1. The van der Waals surface area contributed by atoms with Crippen LogP contribution in [0.25, 0.3) is 16.7 Å². The molecule has 0 spiro atoms. The SMILES string of the molecule is COC(=O)Nc1ccc2c(c1)NC(=O)CCCCC(C1C=CC(c3cc(Cl)ccc3C#N)=CN1)c1cccc-2c1. The van der Waals surface area contributed by atoms with Crippen LogP contribution in [0.4, 0.5) is 16.2 Å². The molecule has 5 rings (SSSR count). The summed E-state index contributed by atoms with van der Waals surface area (Å²) in [7, 11) is 1.31. The first-order chi connectivity index (χ1) is 19.4. The van der Waals surface area contributed by atoms with Gasteiger partial charge in [0.2, 0.25) is 5.91 Å². The number of nitriles is 1. The molecule has 0 saturated carbocycles. The lowest BCUT2D eigenvalue weighted by Gasteiger charge is -2.29. The van der Waals surface area contributed by atoms with E-state index in [4.69, 9.17) is 16.3 Å². The molecule has 0 fully saturated rings. The van der Waals surface area contributed by atoms with E-state index in [1.54, 1.807) is 24.3 Å². The maximum atomic E-state index is 12.8. The van der Waals surface area contributed by atoms with Gasteiger partial charge in [0.05, 0.1) is 30.5 Å². The van der Waals surface area contributed by atoms with Gasteiger partial charge in [-0.05, 0) is 59.9 Å². The van der Waals surface area contributed by atoms with Crippen LogP contribution in [-0.2, 0) is 9.53 Å². The fraction of sp³-hybridized carbons (Fsp3) is 0.219. The summed E-state index contributed by atoms with van der Waals surface area (Å²) >= 11 is 6.22. The van der Waals surface area contributed by atoms with Gasteiger partial charge in [-0.15, -0.1) is 0 Å². The molecule has 2 aliphatic heterocycles. The molecular formula is C32H29ClN4O3. The van der Waals surface area contributed by atoms with Crippen LogP contribution in [0.5, 0.6) is 0 Å². The van der Waals surface area contributed by atoms with Gasteiger partial charge in [0.15, 0.2) is 0 Å². The molecule has 0 saturated heterocycles. The Morgan fingerprint density at radius 2 is 1.98 bits per heavy atom. The van der Waals surface area contributed by atoms with Crippen LogP contribution in [0, 0.1) is 11.3 Å². The third-order valence-corrected chi connectivity index (χ3v) is 7.52. The number of methoxy groups -OCH3 is 1. The maximum Gasteiger partial charge on any atom is 0.411 e. The van der Waals surface area contributed by atoms with Gasteiger partial charge < -0.3 is 15.4 Å². The predicted octanol–water partition coefficient (Wildman–Crippen LogP) is 7.22. The molecule has 2 bridgehead atoms. The summed E-state index contributed by atoms with van der Waals surface area (Å²) in [6.45, 7) is 0. The summed E-state index contributed by atoms with van der Waals surface area (Å²) in [6, 6.07) is 21.4. The summed E-state index contributed by atoms with van der Waals surface area (Å²) in [5.74, 6) is 0.0952. The molecule has 2 amide bonds. The van der Waals surface area contributed by atoms with Crippen molar-refractivity contribution >= 4 is 40.5 Å². The van der Waals surface area contributed by atoms with Crippen molar-refractivity contribution in [1.82, 2.24) is 5.32 Å². The summed E-state index contributed by atoms with van der Waals surface area (Å²) in [6.07, 6.45) is 8.51. The highest BCUT2D eigenvalue weighted by Gasteiger charge is 2.24. The first kappa shape index (κ1) is 27.0. The fourth-order valence-corrected chi connectivity index (χ4v) is 5.44. The van der Waals surface area contributed by atoms with Gasteiger partial charge in [-0.25, -0.2) is 4.79 Å². The van der Waals surface area contributed by atoms with Crippen molar-refractivity contribution in [3.63, 3.8) is 0 Å². The highest BCUT2D eigenvalue weighted by molar-refractivity contribution is 6.30. The number of benzene rings is 3. The Hall–Kier alpha value is -4.54. The van der Waals surface area contributed by atoms with Gasteiger partial charge in [-0.3, -0.25) is 10.1 Å². The number of carbonyl (C=O) groups is 2.